The highest BCUT2D eigenvalue weighted by atomic mass is 32.2. The first-order valence-electron chi connectivity index (χ1n) is 11.4. The van der Waals surface area contributed by atoms with Crippen molar-refractivity contribution in [2.45, 2.75) is 56.5 Å². The fourth-order valence-corrected chi connectivity index (χ4v) is 6.51. The first-order chi connectivity index (χ1) is 16.9. The van der Waals surface area contributed by atoms with Crippen LogP contribution in [0.5, 0.6) is 0 Å². The highest BCUT2D eigenvalue weighted by Crippen LogP contribution is 2.39. The molecule has 0 bridgehead atoms. The molecule has 0 unspecified atom stereocenters. The smallest absolute Gasteiger partial charge is 0.341 e. The van der Waals surface area contributed by atoms with Crippen molar-refractivity contribution >= 4 is 57.2 Å². The number of carbonyl (C=O) groups excluding carboxylic acids is 3. The number of thioether (sulfide) groups is 1. The first kappa shape index (κ1) is 25.4. The number of hydrogen-bond acceptors (Lipinski definition) is 9. The second-order valence-corrected chi connectivity index (χ2v) is 11.4. The molecular formula is C23H27N5O4S3. The predicted molar refractivity (Wildman–Crippen MR) is 137 cm³/mol. The summed E-state index contributed by atoms with van der Waals surface area (Å²) in [5, 5.41) is 16.6. The molecule has 4 rings (SSSR count). The third kappa shape index (κ3) is 5.76. The summed E-state index contributed by atoms with van der Waals surface area (Å²) in [6, 6.07) is 3.58. The SMILES string of the molecule is CCOC(=O)c1c(NC(=O)[C@@H](C)Sc2nnc(CNC(=O)c3cccs3)n2C)sc2c1CCCC2. The van der Waals surface area contributed by atoms with Gasteiger partial charge in [0.1, 0.15) is 5.00 Å². The van der Waals surface area contributed by atoms with Crippen LogP contribution in [0.3, 0.4) is 0 Å². The van der Waals surface area contributed by atoms with E-state index in [0.29, 0.717) is 26.4 Å². The van der Waals surface area contributed by atoms with Gasteiger partial charge in [-0.1, -0.05) is 17.8 Å². The average Bonchev–Trinajstić information content (AvgIpc) is 3.57. The van der Waals surface area contributed by atoms with Crippen LogP contribution in [-0.4, -0.2) is 44.4 Å². The zero-order chi connectivity index (χ0) is 24.9. The Labute approximate surface area is 215 Å². The van der Waals surface area contributed by atoms with E-state index in [-0.39, 0.29) is 30.9 Å². The normalized spacial score (nSPS) is 13.7. The summed E-state index contributed by atoms with van der Waals surface area (Å²) in [7, 11) is 1.80. The molecule has 0 saturated heterocycles. The maximum Gasteiger partial charge on any atom is 0.341 e. The van der Waals surface area contributed by atoms with Gasteiger partial charge >= 0.3 is 5.97 Å². The van der Waals surface area contributed by atoms with Gasteiger partial charge in [0.15, 0.2) is 11.0 Å². The quantitative estimate of drug-likeness (QED) is 0.315. The largest absolute Gasteiger partial charge is 0.462 e. The summed E-state index contributed by atoms with van der Waals surface area (Å²) >= 11 is 4.10. The van der Waals surface area contributed by atoms with Gasteiger partial charge in [0.25, 0.3) is 5.91 Å². The molecule has 2 N–H and O–H groups in total. The molecule has 0 aliphatic heterocycles. The number of aromatic nitrogens is 3. The van der Waals surface area contributed by atoms with Gasteiger partial charge in [-0.2, -0.15) is 0 Å². The third-order valence-corrected chi connectivity index (χ3v) is 8.83. The van der Waals surface area contributed by atoms with Crippen molar-refractivity contribution in [1.29, 1.82) is 0 Å². The van der Waals surface area contributed by atoms with Gasteiger partial charge in [0, 0.05) is 11.9 Å². The Morgan fingerprint density at radius 3 is 2.80 bits per heavy atom. The maximum atomic E-state index is 13.0. The molecule has 0 aromatic carbocycles. The lowest BCUT2D eigenvalue weighted by Crippen LogP contribution is -2.24. The monoisotopic (exact) mass is 533 g/mol. The van der Waals surface area contributed by atoms with E-state index in [0.717, 1.165) is 36.1 Å². The molecule has 0 radical (unpaired) electrons. The molecule has 186 valence electrons. The molecule has 3 aromatic heterocycles. The zero-order valence-corrected chi connectivity index (χ0v) is 22.2. The number of nitrogens with zero attached hydrogens (tertiary/aromatic N) is 3. The topological polar surface area (TPSA) is 115 Å². The number of rotatable bonds is 9. The van der Waals surface area contributed by atoms with Crippen molar-refractivity contribution in [3.8, 4) is 0 Å². The van der Waals surface area contributed by atoms with Gasteiger partial charge < -0.3 is 19.9 Å². The number of anilines is 1. The molecule has 35 heavy (non-hydrogen) atoms. The van der Waals surface area contributed by atoms with Crippen molar-refractivity contribution in [2.24, 2.45) is 7.05 Å². The number of hydrogen-bond donors (Lipinski definition) is 2. The molecule has 2 amide bonds. The molecule has 3 heterocycles. The highest BCUT2D eigenvalue weighted by molar-refractivity contribution is 8.00. The number of thiophene rings is 2. The van der Waals surface area contributed by atoms with E-state index in [1.54, 1.807) is 31.5 Å². The molecule has 0 fully saturated rings. The fourth-order valence-electron chi connectivity index (χ4n) is 3.75. The second kappa shape index (κ2) is 11.4. The van der Waals surface area contributed by atoms with E-state index in [1.807, 2.05) is 11.4 Å². The summed E-state index contributed by atoms with van der Waals surface area (Å²) < 4.78 is 7.03. The Kier molecular flexibility index (Phi) is 8.24. The molecule has 12 heteroatoms. The lowest BCUT2D eigenvalue weighted by atomic mass is 9.95. The van der Waals surface area contributed by atoms with E-state index in [9.17, 15) is 14.4 Å². The first-order valence-corrected chi connectivity index (χ1v) is 14.0. The van der Waals surface area contributed by atoms with Gasteiger partial charge in [-0.05, 0) is 56.5 Å². The van der Waals surface area contributed by atoms with Gasteiger partial charge in [-0.25, -0.2) is 4.79 Å². The summed E-state index contributed by atoms with van der Waals surface area (Å²) in [4.78, 5) is 39.6. The Balaban J connectivity index is 1.41. The zero-order valence-electron chi connectivity index (χ0n) is 19.8. The van der Waals surface area contributed by atoms with Crippen LogP contribution in [0.2, 0.25) is 0 Å². The standard InChI is InChI=1S/C23H27N5O4S3/c1-4-32-22(31)18-14-8-5-6-9-15(14)35-21(18)25-19(29)13(2)34-23-27-26-17(28(23)3)12-24-20(30)16-10-7-11-33-16/h7,10-11,13H,4-6,8-9,12H2,1-3H3,(H,24,30)(H,25,29)/t13-/m1/s1. The minimum Gasteiger partial charge on any atom is -0.462 e. The fraction of sp³-hybridized carbons (Fsp3) is 0.435. The minimum atomic E-state index is -0.486. The average molecular weight is 534 g/mol. The molecule has 9 nitrogen and oxygen atoms in total. The van der Waals surface area contributed by atoms with Crippen LogP contribution in [0, 0.1) is 0 Å². The minimum absolute atomic E-state index is 0.166. The molecule has 1 aliphatic carbocycles. The Morgan fingerprint density at radius 2 is 2.06 bits per heavy atom. The Morgan fingerprint density at radius 1 is 1.26 bits per heavy atom. The van der Waals surface area contributed by atoms with Gasteiger partial charge in [0.05, 0.1) is 28.8 Å². The molecule has 1 atom stereocenters. The number of esters is 1. The summed E-state index contributed by atoms with van der Waals surface area (Å²) in [6.45, 7) is 4.07. The number of ether oxygens (including phenoxy) is 1. The Hall–Kier alpha value is -2.70. The number of fused-ring (bicyclic) bond motifs is 1. The van der Waals surface area contributed by atoms with Crippen LogP contribution in [0.4, 0.5) is 5.00 Å². The molecule has 0 spiro atoms. The maximum absolute atomic E-state index is 13.0. The van der Waals surface area contributed by atoms with Crippen molar-refractivity contribution < 1.29 is 19.1 Å². The molecule has 3 aromatic rings. The molecular weight excluding hydrogens is 506 g/mol. The van der Waals surface area contributed by atoms with Crippen molar-refractivity contribution in [3.05, 3.63) is 44.2 Å². The number of amides is 2. The van der Waals surface area contributed by atoms with E-state index < -0.39 is 5.25 Å². The number of aryl methyl sites for hydroxylation is 1. The predicted octanol–water partition coefficient (Wildman–Crippen LogP) is 4.04. The third-order valence-electron chi connectivity index (χ3n) is 5.62. The van der Waals surface area contributed by atoms with E-state index >= 15 is 0 Å². The molecule has 0 saturated carbocycles. The number of carbonyl (C=O) groups is 3. The van der Waals surface area contributed by atoms with Crippen LogP contribution in [0.1, 0.15) is 63.0 Å². The second-order valence-electron chi connectivity index (χ2n) is 8.00. The summed E-state index contributed by atoms with van der Waals surface area (Å²) in [5.74, 6) is -0.193. The van der Waals surface area contributed by atoms with Crippen LogP contribution in [0.15, 0.2) is 22.7 Å². The summed E-state index contributed by atoms with van der Waals surface area (Å²) in [6.07, 6.45) is 3.85. The van der Waals surface area contributed by atoms with Gasteiger partial charge in [-0.15, -0.1) is 32.9 Å². The lowest BCUT2D eigenvalue weighted by Gasteiger charge is -2.13. The molecule has 1 aliphatic rings. The van der Waals surface area contributed by atoms with E-state index in [1.165, 1.54) is 34.4 Å². The van der Waals surface area contributed by atoms with Gasteiger partial charge in [-0.3, -0.25) is 9.59 Å². The van der Waals surface area contributed by atoms with Crippen molar-refractivity contribution in [3.63, 3.8) is 0 Å². The Bertz CT molecular complexity index is 1220. The van der Waals surface area contributed by atoms with Crippen LogP contribution >= 0.6 is 34.4 Å². The van der Waals surface area contributed by atoms with E-state index in [2.05, 4.69) is 20.8 Å². The van der Waals surface area contributed by atoms with Crippen molar-refractivity contribution in [1.82, 2.24) is 20.1 Å². The van der Waals surface area contributed by atoms with Crippen molar-refractivity contribution in [2.75, 3.05) is 11.9 Å². The summed E-state index contributed by atoms with van der Waals surface area (Å²) in [5.41, 5.74) is 1.51. The van der Waals surface area contributed by atoms with Crippen LogP contribution < -0.4 is 10.6 Å². The van der Waals surface area contributed by atoms with Crippen LogP contribution in [-0.2, 0) is 36.0 Å². The van der Waals surface area contributed by atoms with E-state index in [4.69, 9.17) is 4.74 Å². The van der Waals surface area contributed by atoms with Gasteiger partial charge in [0.2, 0.25) is 5.91 Å². The number of nitrogens with one attached hydrogen (secondary N) is 2. The highest BCUT2D eigenvalue weighted by Gasteiger charge is 2.28. The lowest BCUT2D eigenvalue weighted by molar-refractivity contribution is -0.115. The van der Waals surface area contributed by atoms with Crippen LogP contribution in [0.25, 0.3) is 0 Å².